The van der Waals surface area contributed by atoms with Crippen molar-refractivity contribution in [1.82, 2.24) is 0 Å². The average Bonchev–Trinajstić information content (AvgIpc) is 1.90. The van der Waals surface area contributed by atoms with Crippen LogP contribution in [-0.2, 0) is 9.53 Å². The van der Waals surface area contributed by atoms with Crippen LogP contribution in [0, 0.1) is 5.92 Å². The maximum atomic E-state index is 12.1. The number of carboxylic acid groups (broad SMARTS) is 1. The molecule has 1 fully saturated rings. The van der Waals surface area contributed by atoms with Gasteiger partial charge in [-0.05, 0) is 0 Å². The van der Waals surface area contributed by atoms with Crippen molar-refractivity contribution >= 4 is 17.7 Å². The van der Waals surface area contributed by atoms with E-state index in [0.717, 1.165) is 11.8 Å². The fourth-order valence-electron chi connectivity index (χ4n) is 0.848. The molecule has 3 nitrogen and oxygen atoms in total. The Bertz CT molecular complexity index is 215. The summed E-state index contributed by atoms with van der Waals surface area (Å²) in [5.41, 5.74) is 0. The van der Waals surface area contributed by atoms with Gasteiger partial charge >= 0.3 is 12.1 Å². The van der Waals surface area contributed by atoms with Crippen LogP contribution >= 0.6 is 11.8 Å². The molecule has 1 unspecified atom stereocenters. The Labute approximate surface area is 82.6 Å². The molecule has 1 aliphatic rings. The van der Waals surface area contributed by atoms with Gasteiger partial charge in [0.15, 0.2) is 5.92 Å². The maximum Gasteiger partial charge on any atom is 0.403 e. The Hall–Kier alpha value is -0.430. The number of alkyl halides is 3. The third-order valence-electron chi connectivity index (χ3n) is 1.80. The van der Waals surface area contributed by atoms with Gasteiger partial charge < -0.3 is 9.84 Å². The summed E-state index contributed by atoms with van der Waals surface area (Å²) in [6, 6.07) is 0. The molecule has 0 spiro atoms. The summed E-state index contributed by atoms with van der Waals surface area (Å²) in [6.07, 6.45) is -4.66. The van der Waals surface area contributed by atoms with E-state index in [1.54, 1.807) is 0 Å². The van der Waals surface area contributed by atoms with Crippen molar-refractivity contribution in [3.8, 4) is 0 Å². The van der Waals surface area contributed by atoms with Crippen molar-refractivity contribution < 1.29 is 27.8 Å². The average molecular weight is 230 g/mol. The van der Waals surface area contributed by atoms with Crippen LogP contribution in [0.5, 0.6) is 0 Å². The van der Waals surface area contributed by atoms with Gasteiger partial charge in [0.2, 0.25) is 0 Å². The van der Waals surface area contributed by atoms with E-state index in [4.69, 9.17) is 9.84 Å². The minimum absolute atomic E-state index is 0.0131. The first-order valence-corrected chi connectivity index (χ1v) is 4.95. The zero-order valence-electron chi connectivity index (χ0n) is 7.08. The van der Waals surface area contributed by atoms with Crippen LogP contribution in [0.4, 0.5) is 13.2 Å². The molecule has 1 heterocycles. The zero-order chi connectivity index (χ0) is 10.8. The van der Waals surface area contributed by atoms with Gasteiger partial charge in [0, 0.05) is 5.75 Å². The SMILES string of the molecule is O=C(O)C(CSC1COC1)C(F)(F)F. The van der Waals surface area contributed by atoms with E-state index in [1.165, 1.54) is 0 Å². The van der Waals surface area contributed by atoms with Crippen LogP contribution in [0.2, 0.25) is 0 Å². The molecule has 1 aliphatic heterocycles. The van der Waals surface area contributed by atoms with E-state index in [1.807, 2.05) is 0 Å². The highest BCUT2D eigenvalue weighted by atomic mass is 32.2. The van der Waals surface area contributed by atoms with Gasteiger partial charge in [-0.3, -0.25) is 4.79 Å². The van der Waals surface area contributed by atoms with Crippen molar-refractivity contribution in [3.05, 3.63) is 0 Å². The fourth-order valence-corrected chi connectivity index (χ4v) is 2.03. The minimum atomic E-state index is -4.66. The van der Waals surface area contributed by atoms with Crippen molar-refractivity contribution in [1.29, 1.82) is 0 Å². The predicted molar refractivity (Wildman–Crippen MR) is 44.2 cm³/mol. The lowest BCUT2D eigenvalue weighted by molar-refractivity contribution is -0.188. The Morgan fingerprint density at radius 3 is 2.43 bits per heavy atom. The molecular formula is C7H9F3O3S. The maximum absolute atomic E-state index is 12.1. The van der Waals surface area contributed by atoms with E-state index in [0.29, 0.717) is 13.2 Å². The molecule has 0 aromatic rings. The third kappa shape index (κ3) is 3.06. The number of carboxylic acids is 1. The lowest BCUT2D eigenvalue weighted by Crippen LogP contribution is -2.36. The molecule has 0 bridgehead atoms. The molecule has 0 aromatic carbocycles. The molecule has 82 valence electrons. The van der Waals surface area contributed by atoms with Crippen LogP contribution in [0.15, 0.2) is 0 Å². The fraction of sp³-hybridized carbons (Fsp3) is 0.857. The molecule has 1 atom stereocenters. The number of aliphatic carboxylic acids is 1. The first-order chi connectivity index (χ1) is 6.41. The third-order valence-corrected chi connectivity index (χ3v) is 3.07. The van der Waals surface area contributed by atoms with Crippen molar-refractivity contribution in [3.63, 3.8) is 0 Å². The molecule has 7 heteroatoms. The largest absolute Gasteiger partial charge is 0.481 e. The summed E-state index contributed by atoms with van der Waals surface area (Å²) in [7, 11) is 0. The summed E-state index contributed by atoms with van der Waals surface area (Å²) in [6.45, 7) is 0.823. The van der Waals surface area contributed by atoms with Crippen LogP contribution < -0.4 is 0 Å². The topological polar surface area (TPSA) is 46.5 Å². The number of thioether (sulfide) groups is 1. The van der Waals surface area contributed by atoms with Gasteiger partial charge in [0.05, 0.1) is 18.5 Å². The van der Waals surface area contributed by atoms with Crippen LogP contribution in [0.25, 0.3) is 0 Å². The Kier molecular flexibility index (Phi) is 3.65. The highest BCUT2D eigenvalue weighted by Crippen LogP contribution is 2.31. The smallest absolute Gasteiger partial charge is 0.403 e. The van der Waals surface area contributed by atoms with Gasteiger partial charge in [-0.2, -0.15) is 24.9 Å². The molecular weight excluding hydrogens is 221 g/mol. The van der Waals surface area contributed by atoms with Crippen molar-refractivity contribution in [2.45, 2.75) is 11.4 Å². The molecule has 0 aromatic heterocycles. The number of halogens is 3. The van der Waals surface area contributed by atoms with Gasteiger partial charge in [-0.15, -0.1) is 0 Å². The summed E-state index contributed by atoms with van der Waals surface area (Å²) >= 11 is 1.00. The Morgan fingerprint density at radius 2 is 2.14 bits per heavy atom. The van der Waals surface area contributed by atoms with E-state index in [-0.39, 0.29) is 5.25 Å². The number of carbonyl (C=O) groups is 1. The molecule has 0 saturated carbocycles. The normalized spacial score (nSPS) is 20.2. The first-order valence-electron chi connectivity index (χ1n) is 3.90. The number of rotatable bonds is 4. The van der Waals surface area contributed by atoms with E-state index in [9.17, 15) is 18.0 Å². The second kappa shape index (κ2) is 4.39. The van der Waals surface area contributed by atoms with Gasteiger partial charge in [0.25, 0.3) is 0 Å². The molecule has 14 heavy (non-hydrogen) atoms. The molecule has 0 aliphatic carbocycles. The van der Waals surface area contributed by atoms with Crippen LogP contribution in [0.3, 0.4) is 0 Å². The van der Waals surface area contributed by atoms with Gasteiger partial charge in [0.1, 0.15) is 0 Å². The Balaban J connectivity index is 2.39. The monoisotopic (exact) mass is 230 g/mol. The van der Waals surface area contributed by atoms with E-state index < -0.39 is 23.8 Å². The summed E-state index contributed by atoms with van der Waals surface area (Å²) in [5, 5.41) is 8.36. The first kappa shape index (κ1) is 11.6. The summed E-state index contributed by atoms with van der Waals surface area (Å²) in [5.74, 6) is -4.52. The molecule has 1 rings (SSSR count). The predicted octanol–water partition coefficient (Wildman–Crippen LogP) is 1.38. The lowest BCUT2D eigenvalue weighted by atomic mass is 10.2. The second-order valence-corrected chi connectivity index (χ2v) is 4.26. The minimum Gasteiger partial charge on any atom is -0.481 e. The van der Waals surface area contributed by atoms with Gasteiger partial charge in [-0.1, -0.05) is 0 Å². The van der Waals surface area contributed by atoms with Crippen molar-refractivity contribution in [2.24, 2.45) is 5.92 Å². The lowest BCUT2D eigenvalue weighted by Gasteiger charge is -2.26. The van der Waals surface area contributed by atoms with E-state index >= 15 is 0 Å². The quantitative estimate of drug-likeness (QED) is 0.792. The molecule has 1 saturated heterocycles. The zero-order valence-corrected chi connectivity index (χ0v) is 7.90. The molecule has 0 amide bonds. The van der Waals surface area contributed by atoms with E-state index in [2.05, 4.69) is 0 Å². The highest BCUT2D eigenvalue weighted by Gasteiger charge is 2.45. The summed E-state index contributed by atoms with van der Waals surface area (Å²) < 4.78 is 41.1. The van der Waals surface area contributed by atoms with Crippen molar-refractivity contribution in [2.75, 3.05) is 19.0 Å². The van der Waals surface area contributed by atoms with Crippen LogP contribution in [-0.4, -0.2) is 41.5 Å². The highest BCUT2D eigenvalue weighted by molar-refractivity contribution is 8.00. The Morgan fingerprint density at radius 1 is 1.57 bits per heavy atom. The summed E-state index contributed by atoms with van der Waals surface area (Å²) in [4.78, 5) is 10.3. The molecule has 0 radical (unpaired) electrons. The number of hydrogen-bond donors (Lipinski definition) is 1. The van der Waals surface area contributed by atoms with Gasteiger partial charge in [-0.25, -0.2) is 0 Å². The number of ether oxygens (including phenoxy) is 1. The second-order valence-electron chi connectivity index (χ2n) is 2.93. The standard InChI is InChI=1S/C7H9F3O3S/c8-7(9,10)5(6(11)12)3-14-4-1-13-2-4/h4-5H,1-3H2,(H,11,12). The number of hydrogen-bond acceptors (Lipinski definition) is 3. The molecule has 1 N–H and O–H groups in total. The van der Waals surface area contributed by atoms with Crippen LogP contribution in [0.1, 0.15) is 0 Å².